The Morgan fingerprint density at radius 1 is 1.30 bits per heavy atom. The third-order valence-electron chi connectivity index (χ3n) is 6.70. The molecule has 2 aliphatic heterocycles. The first kappa shape index (κ1) is 26.8. The first-order valence-corrected chi connectivity index (χ1v) is 13.9. The fourth-order valence-electron chi connectivity index (χ4n) is 4.12. The second-order valence-corrected chi connectivity index (χ2v) is 12.0. The van der Waals surface area contributed by atoms with Gasteiger partial charge in [0.25, 0.3) is 5.91 Å². The summed E-state index contributed by atoms with van der Waals surface area (Å²) in [6, 6.07) is 5.31. The third-order valence-corrected chi connectivity index (χ3v) is 8.71. The molecule has 0 aromatic carbocycles. The Kier molecular flexibility index (Phi) is 7.70. The Morgan fingerprint density at radius 3 is 2.59 bits per heavy atom. The van der Waals surface area contributed by atoms with E-state index >= 15 is 0 Å². The van der Waals surface area contributed by atoms with Crippen LogP contribution in [0.15, 0.2) is 76.7 Å². The van der Waals surface area contributed by atoms with Crippen LogP contribution in [0.3, 0.4) is 0 Å². The number of aliphatic imine (C=N–C) groups is 1. The number of fused-ring (bicyclic) bond motifs is 1. The maximum atomic E-state index is 13.3. The normalized spacial score (nSPS) is 19.8. The lowest BCUT2D eigenvalue weighted by atomic mass is 9.86. The fraction of sp³-hybridized carbons (Fsp3) is 0.370. The van der Waals surface area contributed by atoms with E-state index in [-0.39, 0.29) is 22.5 Å². The van der Waals surface area contributed by atoms with Crippen molar-refractivity contribution in [1.82, 2.24) is 15.2 Å². The van der Waals surface area contributed by atoms with Crippen LogP contribution in [0.4, 0.5) is 5.13 Å². The number of hydrogen-bond donors (Lipinski definition) is 2. The summed E-state index contributed by atoms with van der Waals surface area (Å²) in [5.41, 5.74) is 9.81. The molecule has 1 unspecified atom stereocenters. The molecule has 2 aromatic heterocycles. The van der Waals surface area contributed by atoms with E-state index in [1.807, 2.05) is 47.5 Å². The summed E-state index contributed by atoms with van der Waals surface area (Å²) in [7, 11) is 0. The number of nitrogens with two attached hydrogens (primary N) is 1. The lowest BCUT2D eigenvalue weighted by Crippen LogP contribution is -2.70. The Labute approximate surface area is 226 Å². The van der Waals surface area contributed by atoms with Gasteiger partial charge in [-0.25, -0.2) is 9.55 Å². The highest BCUT2D eigenvalue weighted by atomic mass is 32.2. The number of anilines is 1. The number of aromatic nitrogens is 2. The molecule has 4 rings (SSSR count). The van der Waals surface area contributed by atoms with Crippen molar-refractivity contribution >= 4 is 45.6 Å². The van der Waals surface area contributed by atoms with E-state index in [0.717, 1.165) is 11.1 Å². The van der Waals surface area contributed by atoms with Gasteiger partial charge in [-0.3, -0.25) is 19.5 Å². The molecule has 0 spiro atoms. The summed E-state index contributed by atoms with van der Waals surface area (Å²) in [5, 5.41) is 5.35. The number of allylic oxidation sites excluding steroid dienone is 2. The molecule has 0 saturated carbocycles. The monoisotopic (exact) mass is 537 g/mol. The lowest BCUT2D eigenvalue weighted by Gasteiger charge is -2.50. The van der Waals surface area contributed by atoms with Crippen LogP contribution < -0.4 is 15.6 Å². The van der Waals surface area contributed by atoms with E-state index in [0.29, 0.717) is 46.8 Å². The molecule has 0 aliphatic carbocycles. The summed E-state index contributed by atoms with van der Waals surface area (Å²) in [5.74, 6) is 0.398. The summed E-state index contributed by atoms with van der Waals surface area (Å²) < 4.78 is 2.01. The van der Waals surface area contributed by atoms with Gasteiger partial charge in [0, 0.05) is 47.7 Å². The number of thioether (sulfide) groups is 1. The van der Waals surface area contributed by atoms with Crippen LogP contribution in [0.2, 0.25) is 0 Å². The van der Waals surface area contributed by atoms with Gasteiger partial charge in [0.1, 0.15) is 22.8 Å². The number of nitrogens with zero attached hydrogens (tertiary/aromatic N) is 4. The predicted octanol–water partition coefficient (Wildman–Crippen LogP) is 3.33. The Balaban J connectivity index is 1.55. The number of rotatable bonds is 10. The number of β-lactam (4-membered cyclic amide) rings is 1. The Morgan fingerprint density at radius 2 is 2.00 bits per heavy atom. The SMILES string of the molecule is C=C(N[C@@H]1C(=O)N2C(C(C)=O)=C(C[n+]3ccccc3)CSC12)C(=NCC(C)(C)C(=C)C)c1csc(N)n1. The number of hydrogen-bond acceptors (Lipinski definition) is 8. The van der Waals surface area contributed by atoms with Gasteiger partial charge in [-0.1, -0.05) is 38.6 Å². The van der Waals surface area contributed by atoms with Crippen LogP contribution in [0.25, 0.3) is 0 Å². The molecule has 2 aliphatic rings. The van der Waals surface area contributed by atoms with Crippen molar-refractivity contribution in [3.05, 3.63) is 77.4 Å². The number of Topliss-reactive ketones (excluding diaryl/α,β-unsaturated/α-hetero) is 1. The number of nitrogen functional groups attached to an aromatic ring is 1. The van der Waals surface area contributed by atoms with Crippen LogP contribution in [-0.2, 0) is 16.1 Å². The molecule has 1 saturated heterocycles. The van der Waals surface area contributed by atoms with Gasteiger partial charge >= 0.3 is 0 Å². The quantitative estimate of drug-likeness (QED) is 0.209. The van der Waals surface area contributed by atoms with Crippen molar-refractivity contribution in [3.63, 3.8) is 0 Å². The minimum Gasteiger partial charge on any atom is -0.375 e. The first-order chi connectivity index (χ1) is 17.5. The van der Waals surface area contributed by atoms with E-state index in [9.17, 15) is 9.59 Å². The average Bonchev–Trinajstić information content (AvgIpc) is 3.28. The van der Waals surface area contributed by atoms with Crippen molar-refractivity contribution < 1.29 is 14.2 Å². The molecular formula is C27H33N6O2S2+. The highest BCUT2D eigenvalue weighted by Gasteiger charge is 2.53. The van der Waals surface area contributed by atoms with Crippen LogP contribution in [0.1, 0.15) is 33.4 Å². The minimum atomic E-state index is -0.520. The Bertz CT molecular complexity index is 1310. The van der Waals surface area contributed by atoms with Crippen molar-refractivity contribution in [2.75, 3.05) is 18.0 Å². The van der Waals surface area contributed by atoms with Gasteiger partial charge in [0.05, 0.1) is 11.4 Å². The molecule has 4 heterocycles. The molecule has 1 fully saturated rings. The summed E-state index contributed by atoms with van der Waals surface area (Å²) in [6.45, 7) is 17.0. The molecule has 10 heteroatoms. The van der Waals surface area contributed by atoms with Crippen LogP contribution >= 0.6 is 23.1 Å². The van der Waals surface area contributed by atoms with E-state index in [2.05, 4.69) is 37.3 Å². The van der Waals surface area contributed by atoms with Gasteiger partial charge in [-0.2, -0.15) is 0 Å². The molecule has 2 aromatic rings. The molecule has 37 heavy (non-hydrogen) atoms. The van der Waals surface area contributed by atoms with Crippen LogP contribution in [0, 0.1) is 5.41 Å². The van der Waals surface area contributed by atoms with E-state index in [1.165, 1.54) is 18.3 Å². The number of amides is 1. The summed E-state index contributed by atoms with van der Waals surface area (Å²) >= 11 is 2.97. The molecule has 0 bridgehead atoms. The molecule has 2 atom stereocenters. The topological polar surface area (TPSA) is 105 Å². The minimum absolute atomic E-state index is 0.107. The third kappa shape index (κ3) is 5.55. The first-order valence-electron chi connectivity index (χ1n) is 12.0. The zero-order chi connectivity index (χ0) is 26.9. The smallest absolute Gasteiger partial charge is 0.253 e. The molecule has 1 amide bonds. The van der Waals surface area contributed by atoms with Gasteiger partial charge in [0.2, 0.25) is 0 Å². The zero-order valence-corrected chi connectivity index (χ0v) is 23.3. The number of ketones is 1. The van der Waals surface area contributed by atoms with E-state index < -0.39 is 6.04 Å². The molecular weight excluding hydrogens is 504 g/mol. The molecule has 8 nitrogen and oxygen atoms in total. The van der Waals surface area contributed by atoms with Crippen LogP contribution in [-0.4, -0.2) is 51.0 Å². The van der Waals surface area contributed by atoms with Crippen molar-refractivity contribution in [2.45, 2.75) is 45.7 Å². The summed E-state index contributed by atoms with van der Waals surface area (Å²) in [6.07, 6.45) is 3.91. The predicted molar refractivity (Wildman–Crippen MR) is 150 cm³/mol. The second kappa shape index (κ2) is 10.6. The van der Waals surface area contributed by atoms with Gasteiger partial charge < -0.3 is 11.1 Å². The van der Waals surface area contributed by atoms with E-state index in [4.69, 9.17) is 10.7 Å². The largest absolute Gasteiger partial charge is 0.375 e. The van der Waals surface area contributed by atoms with E-state index in [1.54, 1.807) is 16.7 Å². The number of thiazole rings is 1. The number of nitrogens with one attached hydrogen (secondary N) is 1. The highest BCUT2D eigenvalue weighted by Crippen LogP contribution is 2.41. The molecule has 0 radical (unpaired) electrons. The van der Waals surface area contributed by atoms with Crippen molar-refractivity contribution in [1.29, 1.82) is 0 Å². The fourth-order valence-corrected chi connectivity index (χ4v) is 6.01. The maximum Gasteiger partial charge on any atom is 0.253 e. The lowest BCUT2D eigenvalue weighted by molar-refractivity contribution is -0.689. The average molecular weight is 538 g/mol. The highest BCUT2D eigenvalue weighted by molar-refractivity contribution is 8.00. The zero-order valence-electron chi connectivity index (χ0n) is 21.7. The number of carbonyl (C=O) groups is 2. The number of carbonyl (C=O) groups excluding carboxylic acids is 2. The molecule has 3 N–H and O–H groups in total. The van der Waals surface area contributed by atoms with Gasteiger partial charge in [-0.05, 0) is 6.92 Å². The van der Waals surface area contributed by atoms with Gasteiger partial charge in [-0.15, -0.1) is 23.1 Å². The number of pyridine rings is 1. The van der Waals surface area contributed by atoms with Crippen molar-refractivity contribution in [3.8, 4) is 0 Å². The standard InChI is InChI=1S/C27H33N6O2S2/c1-16(2)27(5,6)15-29-21(20-14-37-26(28)31-20)17(3)30-22-24(35)33-23(18(4)34)19(13-36-25(22)33)12-32-10-8-7-9-11-32/h7-11,14,22,25,30H,1,3,12-13,15H2,2,4-6H3,(H2,28,31)/q+1/t22-,25?/m1/s1. The Hall–Kier alpha value is -3.24. The van der Waals surface area contributed by atoms with Crippen LogP contribution in [0.5, 0.6) is 0 Å². The van der Waals surface area contributed by atoms with Crippen molar-refractivity contribution in [2.24, 2.45) is 10.4 Å². The molecule has 194 valence electrons. The summed E-state index contributed by atoms with van der Waals surface area (Å²) in [4.78, 5) is 36.8. The second-order valence-electron chi connectivity index (χ2n) is 9.97. The van der Waals surface area contributed by atoms with Gasteiger partial charge in [0.15, 0.2) is 29.9 Å². The maximum absolute atomic E-state index is 13.3.